The van der Waals surface area contributed by atoms with Gasteiger partial charge in [0.25, 0.3) is 0 Å². The van der Waals surface area contributed by atoms with Crippen molar-refractivity contribution in [3.63, 3.8) is 0 Å². The first-order valence-corrected chi connectivity index (χ1v) is 30.2. The average molecular weight is 1140 g/mol. The highest BCUT2D eigenvalue weighted by molar-refractivity contribution is 5.77. The summed E-state index contributed by atoms with van der Waals surface area (Å²) in [5.74, 6) is -0.0939. The van der Waals surface area contributed by atoms with E-state index in [1.54, 1.807) is 6.92 Å². The molecular formula is C70H108O12. The Hall–Kier alpha value is -5.40. The van der Waals surface area contributed by atoms with E-state index < -0.39 is 40.0 Å². The number of aliphatic hydroxyl groups excluding tert-OH is 4. The van der Waals surface area contributed by atoms with Crippen LogP contribution in [0.3, 0.4) is 0 Å². The highest BCUT2D eigenvalue weighted by Gasteiger charge is 2.29. The van der Waals surface area contributed by atoms with Crippen molar-refractivity contribution in [3.05, 3.63) is 142 Å². The first-order chi connectivity index (χ1) is 38.4. The molecule has 4 aromatic rings. The topological polar surface area (TPSA) is 186 Å². The maximum Gasteiger partial charge on any atom is 0.311 e. The third kappa shape index (κ3) is 28.3. The molecule has 4 aromatic carbocycles. The number of rotatable bonds is 29. The van der Waals surface area contributed by atoms with Gasteiger partial charge in [-0.05, 0) is 158 Å². The standard InChI is InChI=1S/C19H30O3.C18H28O3.C17H26O3.C16H24O3/c1-6-19(4,5)18(21)22-12-11-15-7-9-16(10-8-15)17(20)13-14(2)3;1-5-7-16(19)15-10-8-14(9-11-15)12-13-21-17(20)18(3,4)6-2;1-5-15(18)14-9-7-13(8-10-14)11-12-20-16(19)17(3,4)6-2;1-5-16(3,4)15(18)19-11-10-13-6-8-14(9-7-13)12(2)17/h7-10,14,17,20H,6,11-13H2,1-5H3;8-11,16,19H,5-7,12-13H2,1-4H3;7-10,15,18H,5-6,11-12H2,1-4H3;6-9,12,17H,5,10-11H2,1-4H3. The second kappa shape index (κ2) is 37.7. The van der Waals surface area contributed by atoms with Gasteiger partial charge in [-0.15, -0.1) is 0 Å². The van der Waals surface area contributed by atoms with Crippen LogP contribution in [0, 0.1) is 27.6 Å². The summed E-state index contributed by atoms with van der Waals surface area (Å²) in [4.78, 5) is 47.3. The molecule has 0 fully saturated rings. The first-order valence-electron chi connectivity index (χ1n) is 30.2. The van der Waals surface area contributed by atoms with Crippen LogP contribution in [0.2, 0.25) is 0 Å². The lowest BCUT2D eigenvalue weighted by Gasteiger charge is -2.20. The van der Waals surface area contributed by atoms with E-state index in [0.717, 1.165) is 89.5 Å². The molecule has 0 saturated carbocycles. The lowest BCUT2D eigenvalue weighted by molar-refractivity contribution is -0.154. The molecular weight excluding hydrogens is 1030 g/mol. The van der Waals surface area contributed by atoms with Crippen molar-refractivity contribution in [2.24, 2.45) is 27.6 Å². The number of benzene rings is 4. The zero-order chi connectivity index (χ0) is 62.3. The fourth-order valence-corrected chi connectivity index (χ4v) is 7.35. The Bertz CT molecular complexity index is 2400. The van der Waals surface area contributed by atoms with Crippen LogP contribution in [0.4, 0.5) is 0 Å². The van der Waals surface area contributed by atoms with Crippen molar-refractivity contribution in [1.82, 2.24) is 0 Å². The molecule has 12 heteroatoms. The van der Waals surface area contributed by atoms with E-state index in [1.165, 1.54) is 0 Å². The Balaban J connectivity index is 0.000000547. The van der Waals surface area contributed by atoms with Crippen molar-refractivity contribution in [2.45, 2.75) is 219 Å². The van der Waals surface area contributed by atoms with Crippen molar-refractivity contribution in [3.8, 4) is 0 Å². The molecule has 4 atom stereocenters. The molecule has 460 valence electrons. The normalized spacial score (nSPS) is 13.1. The summed E-state index contributed by atoms with van der Waals surface area (Å²) in [5.41, 5.74) is 6.53. The summed E-state index contributed by atoms with van der Waals surface area (Å²) >= 11 is 0. The van der Waals surface area contributed by atoms with Crippen LogP contribution < -0.4 is 0 Å². The van der Waals surface area contributed by atoms with Crippen LogP contribution in [0.15, 0.2) is 97.1 Å². The van der Waals surface area contributed by atoms with Gasteiger partial charge in [0.15, 0.2) is 0 Å². The van der Waals surface area contributed by atoms with Gasteiger partial charge in [0.05, 0.1) is 72.5 Å². The van der Waals surface area contributed by atoms with E-state index in [0.29, 0.717) is 64.4 Å². The molecule has 0 bridgehead atoms. The Morgan fingerprint density at radius 3 is 0.841 bits per heavy atom. The summed E-state index contributed by atoms with van der Waals surface area (Å²) in [7, 11) is 0. The quantitative estimate of drug-likeness (QED) is 0.0298. The number of hydrogen-bond acceptors (Lipinski definition) is 12. The van der Waals surface area contributed by atoms with Gasteiger partial charge in [-0.3, -0.25) is 19.2 Å². The Morgan fingerprint density at radius 1 is 0.378 bits per heavy atom. The minimum Gasteiger partial charge on any atom is -0.465 e. The molecule has 0 aliphatic carbocycles. The zero-order valence-corrected chi connectivity index (χ0v) is 53.5. The SMILES string of the molecule is CCC(C)(C)C(=O)OCCc1ccc(C(C)O)cc1.CCC(C)(C)C(=O)OCCc1ccc(C(O)CC(C)C)cc1.CCC(O)c1ccc(CCOC(=O)C(C)(C)CC)cc1.CCCC(O)c1ccc(CCOC(=O)C(C)(C)CC)cc1. The third-order valence-electron chi connectivity index (χ3n) is 15.4. The number of carbonyl (C=O) groups is 4. The van der Waals surface area contributed by atoms with Gasteiger partial charge in [0, 0.05) is 25.7 Å². The van der Waals surface area contributed by atoms with Crippen molar-refractivity contribution in [2.75, 3.05) is 26.4 Å². The number of esters is 4. The molecule has 4 rings (SSSR count). The predicted octanol–water partition coefficient (Wildman–Crippen LogP) is 15.2. The molecule has 82 heavy (non-hydrogen) atoms. The first kappa shape index (κ1) is 74.6. The van der Waals surface area contributed by atoms with Gasteiger partial charge in [0.1, 0.15) is 0 Å². The molecule has 0 aliphatic heterocycles. The lowest BCUT2D eigenvalue weighted by Crippen LogP contribution is -2.26. The number of aliphatic hydroxyl groups is 4. The lowest BCUT2D eigenvalue weighted by atomic mass is 9.91. The Kier molecular flexibility index (Phi) is 34.3. The summed E-state index contributed by atoms with van der Waals surface area (Å²) in [6.45, 7) is 34.7. The van der Waals surface area contributed by atoms with Crippen LogP contribution in [0.1, 0.15) is 238 Å². The van der Waals surface area contributed by atoms with Crippen molar-refractivity contribution >= 4 is 23.9 Å². The van der Waals surface area contributed by atoms with Gasteiger partial charge < -0.3 is 39.4 Å². The summed E-state index contributed by atoms with van der Waals surface area (Å²) in [5, 5.41) is 39.1. The molecule has 0 saturated heterocycles. The number of hydrogen-bond donors (Lipinski definition) is 4. The molecule has 0 aromatic heterocycles. The molecule has 4 N–H and O–H groups in total. The summed E-state index contributed by atoms with van der Waals surface area (Å²) < 4.78 is 21.3. The molecule has 0 amide bonds. The number of carbonyl (C=O) groups excluding carboxylic acids is 4. The van der Waals surface area contributed by atoms with Gasteiger partial charge in [-0.2, -0.15) is 0 Å². The van der Waals surface area contributed by atoms with Gasteiger partial charge >= 0.3 is 23.9 Å². The highest BCUT2D eigenvalue weighted by Crippen LogP contribution is 2.27. The van der Waals surface area contributed by atoms with Crippen molar-refractivity contribution in [1.29, 1.82) is 0 Å². The van der Waals surface area contributed by atoms with E-state index in [1.807, 2.05) is 187 Å². The molecule has 4 unspecified atom stereocenters. The van der Waals surface area contributed by atoms with E-state index >= 15 is 0 Å². The second-order valence-electron chi connectivity index (χ2n) is 24.5. The third-order valence-corrected chi connectivity index (χ3v) is 15.4. The van der Waals surface area contributed by atoms with Crippen LogP contribution in [-0.4, -0.2) is 70.7 Å². The van der Waals surface area contributed by atoms with E-state index in [2.05, 4.69) is 20.8 Å². The van der Waals surface area contributed by atoms with Crippen molar-refractivity contribution < 1.29 is 58.6 Å². The van der Waals surface area contributed by atoms with E-state index in [-0.39, 0.29) is 30.0 Å². The minimum absolute atomic E-state index is 0.139. The minimum atomic E-state index is -0.447. The molecule has 0 aliphatic rings. The molecule has 0 radical (unpaired) electrons. The summed E-state index contributed by atoms with van der Waals surface area (Å²) in [6.07, 6.45) is 7.49. The summed E-state index contributed by atoms with van der Waals surface area (Å²) in [6, 6.07) is 31.3. The molecule has 12 nitrogen and oxygen atoms in total. The van der Waals surface area contributed by atoms with E-state index in [9.17, 15) is 39.6 Å². The fourth-order valence-electron chi connectivity index (χ4n) is 7.35. The van der Waals surface area contributed by atoms with Gasteiger partial charge in [-0.1, -0.05) is 159 Å². The largest absolute Gasteiger partial charge is 0.465 e. The second-order valence-corrected chi connectivity index (χ2v) is 24.5. The van der Waals surface area contributed by atoms with Crippen LogP contribution in [0.25, 0.3) is 0 Å². The maximum absolute atomic E-state index is 11.9. The van der Waals surface area contributed by atoms with Crippen LogP contribution >= 0.6 is 0 Å². The smallest absolute Gasteiger partial charge is 0.311 e. The van der Waals surface area contributed by atoms with Crippen LogP contribution in [0.5, 0.6) is 0 Å². The highest BCUT2D eigenvalue weighted by atomic mass is 16.5. The van der Waals surface area contributed by atoms with E-state index in [4.69, 9.17) is 18.9 Å². The predicted molar refractivity (Wildman–Crippen MR) is 331 cm³/mol. The van der Waals surface area contributed by atoms with Gasteiger partial charge in [0.2, 0.25) is 0 Å². The Labute approximate surface area is 495 Å². The average Bonchev–Trinajstić information content (AvgIpc) is 3.47. The molecule has 0 heterocycles. The molecule has 0 spiro atoms. The van der Waals surface area contributed by atoms with Crippen LogP contribution in [-0.2, 0) is 63.8 Å². The van der Waals surface area contributed by atoms with Gasteiger partial charge in [-0.25, -0.2) is 0 Å². The fraction of sp³-hybridized carbons (Fsp3) is 0.600. The maximum atomic E-state index is 11.9. The monoisotopic (exact) mass is 1140 g/mol. The zero-order valence-electron chi connectivity index (χ0n) is 53.5. The Morgan fingerprint density at radius 2 is 0.622 bits per heavy atom. The number of ether oxygens (including phenoxy) is 4.